The van der Waals surface area contributed by atoms with Crippen LogP contribution in [0.1, 0.15) is 50.4 Å². The van der Waals surface area contributed by atoms with E-state index in [9.17, 15) is 26.7 Å². The minimum Gasteiger partial charge on any atom is -0.497 e. The summed E-state index contributed by atoms with van der Waals surface area (Å²) in [5.41, 5.74) is 0.254. The zero-order chi connectivity index (χ0) is 37.3. The van der Waals surface area contributed by atoms with E-state index in [1.54, 1.807) is 25.1 Å². The van der Waals surface area contributed by atoms with Crippen LogP contribution in [0.5, 0.6) is 17.2 Å². The maximum Gasteiger partial charge on any atom is 0.261 e. The fourth-order valence-electron chi connectivity index (χ4n) is 5.70. The summed E-state index contributed by atoms with van der Waals surface area (Å²) in [6.07, 6.45) is 1.19. The summed E-state index contributed by atoms with van der Waals surface area (Å²) in [5.74, 6) is 0.427. The molecule has 0 bridgehead atoms. The number of rotatable bonds is 11. The minimum absolute atomic E-state index is 0.00829. The first kappa shape index (κ1) is 39.9. The Morgan fingerprint density at radius 3 is 2.14 bits per heavy atom. The second-order valence-electron chi connectivity index (χ2n) is 12.8. The zero-order valence-electron chi connectivity index (χ0n) is 29.9. The molecule has 0 saturated carbocycles. The first-order chi connectivity index (χ1) is 24.2. The quantitative estimate of drug-likeness (QED) is 0.283. The Hall–Kier alpha value is -3.89. The maximum atomic E-state index is 14.4. The highest BCUT2D eigenvalue weighted by Crippen LogP contribution is 2.30. The van der Waals surface area contributed by atoms with Crippen LogP contribution in [0, 0.1) is 5.92 Å². The Morgan fingerprint density at radius 1 is 0.941 bits per heavy atom. The van der Waals surface area contributed by atoms with Crippen LogP contribution >= 0.6 is 0 Å². The van der Waals surface area contributed by atoms with E-state index in [-0.39, 0.29) is 58.5 Å². The molecule has 1 heterocycles. The Kier molecular flexibility index (Phi) is 13.7. The number of fused-ring (bicyclic) bond motifs is 1. The largest absolute Gasteiger partial charge is 0.497 e. The standard InChI is InChI=1S/C36H49N3O10S2/c1-25-22-39(26(2)24-40)36(41)33-21-28(37-50(42,43)31-15-11-29(46-5)12-16-31)10-19-34(33)49-27(3)9-7-8-20-48-35(25)23-38(4)51(44,45)32-17-13-30(47-6)14-18-32/h10-19,21,25-27,35,37,40H,7-9,20,22-24H2,1-6H3/t25-,26+,27-,35-/m1/s1. The molecule has 1 aliphatic heterocycles. The van der Waals surface area contributed by atoms with Crippen molar-refractivity contribution in [2.75, 3.05) is 52.3 Å². The third-order valence-corrected chi connectivity index (χ3v) is 12.1. The number of methoxy groups -OCH3 is 2. The second-order valence-corrected chi connectivity index (χ2v) is 16.5. The van der Waals surface area contributed by atoms with Crippen LogP contribution in [-0.2, 0) is 24.8 Å². The number of anilines is 1. The molecule has 0 aliphatic carbocycles. The van der Waals surface area contributed by atoms with Crippen LogP contribution in [0.3, 0.4) is 0 Å². The number of hydrogen-bond donors (Lipinski definition) is 2. The Balaban J connectivity index is 1.66. The van der Waals surface area contributed by atoms with Gasteiger partial charge in [0.2, 0.25) is 10.0 Å². The Morgan fingerprint density at radius 2 is 1.55 bits per heavy atom. The SMILES string of the molecule is COc1ccc(S(=O)(=O)Nc2ccc3c(c2)C(=O)N([C@@H](C)CO)C[C@@H](C)[C@@H](CN(C)S(=O)(=O)c2ccc(OC)cc2)OCCCC[C@@H](C)O3)cc1. The summed E-state index contributed by atoms with van der Waals surface area (Å²) in [4.78, 5) is 16.0. The molecule has 0 saturated heterocycles. The van der Waals surface area contributed by atoms with Crippen molar-refractivity contribution in [1.29, 1.82) is 0 Å². The van der Waals surface area contributed by atoms with Gasteiger partial charge in [0, 0.05) is 38.3 Å². The van der Waals surface area contributed by atoms with Gasteiger partial charge in [0.25, 0.3) is 15.9 Å². The van der Waals surface area contributed by atoms with Crippen molar-refractivity contribution in [3.05, 3.63) is 72.3 Å². The molecule has 51 heavy (non-hydrogen) atoms. The van der Waals surface area contributed by atoms with Crippen LogP contribution < -0.4 is 18.9 Å². The normalized spacial score (nSPS) is 20.1. The van der Waals surface area contributed by atoms with Gasteiger partial charge in [-0.05, 0) is 99.8 Å². The van der Waals surface area contributed by atoms with E-state index in [4.69, 9.17) is 18.9 Å². The van der Waals surface area contributed by atoms with Crippen LogP contribution in [0.4, 0.5) is 5.69 Å². The maximum absolute atomic E-state index is 14.4. The first-order valence-corrected chi connectivity index (χ1v) is 19.7. The van der Waals surface area contributed by atoms with Crippen molar-refractivity contribution in [1.82, 2.24) is 9.21 Å². The minimum atomic E-state index is -4.03. The van der Waals surface area contributed by atoms with E-state index < -0.39 is 38.1 Å². The Labute approximate surface area is 301 Å². The number of nitrogens with one attached hydrogen (secondary N) is 1. The number of carbonyl (C=O) groups is 1. The first-order valence-electron chi connectivity index (χ1n) is 16.8. The van der Waals surface area contributed by atoms with Gasteiger partial charge < -0.3 is 29.0 Å². The van der Waals surface area contributed by atoms with Crippen molar-refractivity contribution in [2.24, 2.45) is 5.92 Å². The molecule has 4 rings (SSSR count). The number of likely N-dealkylation sites (N-methyl/N-ethyl adjacent to an activating group) is 1. The molecule has 1 aliphatic rings. The summed E-state index contributed by atoms with van der Waals surface area (Å²) >= 11 is 0. The summed E-state index contributed by atoms with van der Waals surface area (Å²) in [6, 6.07) is 15.9. The van der Waals surface area contributed by atoms with Crippen molar-refractivity contribution in [2.45, 2.75) is 68.1 Å². The van der Waals surface area contributed by atoms with E-state index in [0.29, 0.717) is 30.9 Å². The van der Waals surface area contributed by atoms with Gasteiger partial charge in [0.1, 0.15) is 17.2 Å². The third kappa shape index (κ3) is 10.1. The third-order valence-electron chi connectivity index (χ3n) is 8.88. The molecule has 0 radical (unpaired) electrons. The predicted octanol–water partition coefficient (Wildman–Crippen LogP) is 4.62. The monoisotopic (exact) mass is 747 g/mol. The number of aliphatic hydroxyl groups excluding tert-OH is 1. The van der Waals surface area contributed by atoms with E-state index >= 15 is 0 Å². The molecule has 0 spiro atoms. The van der Waals surface area contributed by atoms with Crippen molar-refractivity contribution in [3.63, 3.8) is 0 Å². The number of aliphatic hydroxyl groups is 1. The number of benzene rings is 3. The molecule has 13 nitrogen and oxygen atoms in total. The van der Waals surface area contributed by atoms with Gasteiger partial charge in [-0.25, -0.2) is 16.8 Å². The molecule has 0 fully saturated rings. The number of carbonyl (C=O) groups excluding carboxylic acids is 1. The van der Waals surface area contributed by atoms with Gasteiger partial charge in [0.15, 0.2) is 0 Å². The van der Waals surface area contributed by atoms with E-state index in [1.165, 1.54) is 79.0 Å². The lowest BCUT2D eigenvalue weighted by molar-refractivity contribution is -0.00833. The van der Waals surface area contributed by atoms with Gasteiger partial charge in [-0.3, -0.25) is 9.52 Å². The molecule has 2 N–H and O–H groups in total. The summed E-state index contributed by atoms with van der Waals surface area (Å²) in [5, 5.41) is 10.3. The van der Waals surface area contributed by atoms with Gasteiger partial charge in [-0.15, -0.1) is 0 Å². The van der Waals surface area contributed by atoms with Gasteiger partial charge in [-0.2, -0.15) is 4.31 Å². The number of nitrogens with zero attached hydrogens (tertiary/aromatic N) is 2. The summed E-state index contributed by atoms with van der Waals surface area (Å²) in [6.45, 7) is 5.58. The lowest BCUT2D eigenvalue weighted by Gasteiger charge is -2.35. The van der Waals surface area contributed by atoms with Crippen molar-refractivity contribution in [3.8, 4) is 17.2 Å². The fourth-order valence-corrected chi connectivity index (χ4v) is 7.93. The number of hydrogen-bond acceptors (Lipinski definition) is 10. The van der Waals surface area contributed by atoms with Gasteiger partial charge in [0.05, 0.1) is 54.4 Å². The highest BCUT2D eigenvalue weighted by Gasteiger charge is 2.32. The molecule has 15 heteroatoms. The average molecular weight is 748 g/mol. The number of ether oxygens (including phenoxy) is 4. The van der Waals surface area contributed by atoms with Crippen molar-refractivity contribution >= 4 is 31.6 Å². The fraction of sp³-hybridized carbons (Fsp3) is 0.472. The molecular weight excluding hydrogens is 699 g/mol. The Bertz CT molecular complexity index is 1820. The zero-order valence-corrected chi connectivity index (χ0v) is 31.6. The summed E-state index contributed by atoms with van der Waals surface area (Å²) in [7, 11) is -3.43. The number of amides is 1. The van der Waals surface area contributed by atoms with E-state index in [1.807, 2.05) is 13.8 Å². The van der Waals surface area contributed by atoms with E-state index in [0.717, 1.165) is 6.42 Å². The predicted molar refractivity (Wildman–Crippen MR) is 193 cm³/mol. The molecule has 0 aromatic heterocycles. The second kappa shape index (κ2) is 17.6. The van der Waals surface area contributed by atoms with Crippen LogP contribution in [-0.4, -0.2) is 103 Å². The number of sulfonamides is 2. The lowest BCUT2D eigenvalue weighted by Crippen LogP contribution is -2.48. The van der Waals surface area contributed by atoms with Crippen LogP contribution in [0.15, 0.2) is 76.5 Å². The highest BCUT2D eigenvalue weighted by molar-refractivity contribution is 7.92. The van der Waals surface area contributed by atoms with Crippen molar-refractivity contribution < 1.29 is 45.7 Å². The lowest BCUT2D eigenvalue weighted by atomic mass is 10.0. The molecule has 3 aromatic rings. The topological polar surface area (TPSA) is 161 Å². The molecule has 4 atom stereocenters. The van der Waals surface area contributed by atoms with E-state index in [2.05, 4.69) is 4.72 Å². The molecule has 3 aromatic carbocycles. The van der Waals surface area contributed by atoms with Crippen LogP contribution in [0.2, 0.25) is 0 Å². The molecular formula is C36H49N3O10S2. The van der Waals surface area contributed by atoms with Gasteiger partial charge in [-0.1, -0.05) is 6.92 Å². The smallest absolute Gasteiger partial charge is 0.261 e. The van der Waals surface area contributed by atoms with Gasteiger partial charge >= 0.3 is 0 Å². The van der Waals surface area contributed by atoms with Crippen LogP contribution in [0.25, 0.3) is 0 Å². The molecule has 1 amide bonds. The highest BCUT2D eigenvalue weighted by atomic mass is 32.2. The average Bonchev–Trinajstić information content (AvgIpc) is 3.12. The molecule has 280 valence electrons. The molecule has 0 unspecified atom stereocenters. The summed E-state index contributed by atoms with van der Waals surface area (Å²) < 4.78 is 80.3.